The van der Waals surface area contributed by atoms with E-state index < -0.39 is 22.0 Å². The molecular formula is C13H17ClN2O4S. The maximum absolute atomic E-state index is 11.8. The number of esters is 1. The summed E-state index contributed by atoms with van der Waals surface area (Å²) in [7, 11) is -2.14. The van der Waals surface area contributed by atoms with E-state index in [4.69, 9.17) is 5.73 Å². The average molecular weight is 333 g/mol. The fourth-order valence-electron chi connectivity index (χ4n) is 2.13. The van der Waals surface area contributed by atoms with Crippen LogP contribution in [-0.4, -0.2) is 37.8 Å². The van der Waals surface area contributed by atoms with Gasteiger partial charge in [0.05, 0.1) is 18.9 Å². The van der Waals surface area contributed by atoms with Crippen molar-refractivity contribution in [3.8, 4) is 0 Å². The molecule has 1 atom stereocenters. The third-order valence-corrected chi connectivity index (χ3v) is 4.08. The fourth-order valence-corrected chi connectivity index (χ4v) is 2.96. The van der Waals surface area contributed by atoms with E-state index in [1.54, 1.807) is 18.2 Å². The van der Waals surface area contributed by atoms with Crippen molar-refractivity contribution in [2.24, 2.45) is 5.73 Å². The van der Waals surface area contributed by atoms with Crippen LogP contribution in [0.15, 0.2) is 30.5 Å². The lowest BCUT2D eigenvalue weighted by atomic mass is 10.1. The molecule has 2 N–H and O–H groups in total. The second kappa shape index (κ2) is 6.46. The van der Waals surface area contributed by atoms with E-state index in [0.717, 1.165) is 11.6 Å². The minimum atomic E-state index is -3.41. The first-order valence-electron chi connectivity index (χ1n) is 5.97. The Morgan fingerprint density at radius 1 is 1.38 bits per heavy atom. The number of hydrogen-bond donors (Lipinski definition) is 1. The van der Waals surface area contributed by atoms with Gasteiger partial charge in [-0.3, -0.25) is 4.79 Å². The molecule has 0 saturated carbocycles. The zero-order valence-electron chi connectivity index (χ0n) is 11.6. The molecule has 1 heterocycles. The van der Waals surface area contributed by atoms with Crippen LogP contribution in [0.25, 0.3) is 10.9 Å². The minimum absolute atomic E-state index is 0. The maximum atomic E-state index is 11.8. The van der Waals surface area contributed by atoms with Gasteiger partial charge in [0.1, 0.15) is 6.04 Å². The van der Waals surface area contributed by atoms with Gasteiger partial charge in [-0.2, -0.15) is 0 Å². The van der Waals surface area contributed by atoms with Gasteiger partial charge in [0.2, 0.25) is 10.0 Å². The molecule has 0 unspecified atom stereocenters. The van der Waals surface area contributed by atoms with E-state index in [0.29, 0.717) is 11.1 Å². The van der Waals surface area contributed by atoms with Crippen LogP contribution >= 0.6 is 12.4 Å². The van der Waals surface area contributed by atoms with E-state index in [1.807, 2.05) is 6.07 Å². The lowest BCUT2D eigenvalue weighted by Crippen LogP contribution is -2.33. The van der Waals surface area contributed by atoms with Crippen LogP contribution in [0.2, 0.25) is 0 Å². The molecule has 0 bridgehead atoms. The van der Waals surface area contributed by atoms with Gasteiger partial charge in [0, 0.05) is 18.0 Å². The van der Waals surface area contributed by atoms with E-state index in [2.05, 4.69) is 4.74 Å². The summed E-state index contributed by atoms with van der Waals surface area (Å²) in [6, 6.07) is 6.26. The molecule has 0 aliphatic rings. The first-order chi connectivity index (χ1) is 9.34. The van der Waals surface area contributed by atoms with Crippen LogP contribution in [0.3, 0.4) is 0 Å². The van der Waals surface area contributed by atoms with Gasteiger partial charge in [0.15, 0.2) is 0 Å². The van der Waals surface area contributed by atoms with Gasteiger partial charge in [-0.15, -0.1) is 12.4 Å². The molecule has 0 radical (unpaired) electrons. The van der Waals surface area contributed by atoms with Crippen LogP contribution in [-0.2, 0) is 26.0 Å². The molecule has 21 heavy (non-hydrogen) atoms. The number of ether oxygens (including phenoxy) is 1. The molecule has 0 fully saturated rings. The van der Waals surface area contributed by atoms with Gasteiger partial charge in [-0.1, -0.05) is 18.2 Å². The first-order valence-corrected chi connectivity index (χ1v) is 7.82. The molecule has 2 rings (SSSR count). The second-order valence-corrected chi connectivity index (χ2v) is 6.42. The van der Waals surface area contributed by atoms with E-state index >= 15 is 0 Å². The van der Waals surface area contributed by atoms with Gasteiger partial charge in [-0.25, -0.2) is 12.4 Å². The summed E-state index contributed by atoms with van der Waals surface area (Å²) in [5.41, 5.74) is 7.01. The number of methoxy groups -OCH3 is 1. The van der Waals surface area contributed by atoms with Gasteiger partial charge in [0.25, 0.3) is 0 Å². The van der Waals surface area contributed by atoms with Crippen LogP contribution in [0.5, 0.6) is 0 Å². The largest absolute Gasteiger partial charge is 0.468 e. The van der Waals surface area contributed by atoms with Crippen molar-refractivity contribution >= 4 is 39.3 Å². The molecule has 0 amide bonds. The number of nitrogens with two attached hydrogens (primary N) is 1. The molecular weight excluding hydrogens is 316 g/mol. The van der Waals surface area contributed by atoms with E-state index in [1.165, 1.54) is 17.3 Å². The zero-order chi connectivity index (χ0) is 14.9. The van der Waals surface area contributed by atoms with Crippen molar-refractivity contribution < 1.29 is 17.9 Å². The molecule has 2 aromatic rings. The lowest BCUT2D eigenvalue weighted by Gasteiger charge is -2.07. The molecule has 0 saturated heterocycles. The standard InChI is InChI=1S/C13H16N2O4S.ClH/c1-19-13(16)11(14)7-9-8-15(20(2,17)18)12-6-4-3-5-10(9)12;/h3-6,8,11H,7,14H2,1-2H3;1H/t11-;/m0./s1. The molecule has 6 nitrogen and oxygen atoms in total. The Hall–Kier alpha value is -1.57. The van der Waals surface area contributed by atoms with Gasteiger partial charge >= 0.3 is 5.97 Å². The number of halogens is 1. The monoisotopic (exact) mass is 332 g/mol. The number of hydrogen-bond acceptors (Lipinski definition) is 5. The Morgan fingerprint density at radius 2 is 2.00 bits per heavy atom. The van der Waals surface area contributed by atoms with Crippen molar-refractivity contribution in [2.75, 3.05) is 13.4 Å². The molecule has 0 aliphatic heterocycles. The predicted octanol–water partition coefficient (Wildman–Crippen LogP) is 0.914. The Bertz CT molecular complexity index is 755. The first kappa shape index (κ1) is 17.5. The second-order valence-electron chi connectivity index (χ2n) is 4.56. The highest BCUT2D eigenvalue weighted by Crippen LogP contribution is 2.23. The number of benzene rings is 1. The highest BCUT2D eigenvalue weighted by atomic mass is 35.5. The highest BCUT2D eigenvalue weighted by Gasteiger charge is 2.19. The number of para-hydroxylation sites is 1. The van der Waals surface area contributed by atoms with Crippen molar-refractivity contribution in [3.05, 3.63) is 36.0 Å². The zero-order valence-corrected chi connectivity index (χ0v) is 13.3. The summed E-state index contributed by atoms with van der Waals surface area (Å²) in [4.78, 5) is 11.4. The van der Waals surface area contributed by atoms with Crippen molar-refractivity contribution in [2.45, 2.75) is 12.5 Å². The number of carbonyl (C=O) groups excluding carboxylic acids is 1. The highest BCUT2D eigenvalue weighted by molar-refractivity contribution is 7.89. The summed E-state index contributed by atoms with van der Waals surface area (Å²) >= 11 is 0. The topological polar surface area (TPSA) is 91.4 Å². The molecule has 8 heteroatoms. The number of fused-ring (bicyclic) bond motifs is 1. The summed E-state index contributed by atoms with van der Waals surface area (Å²) in [6.07, 6.45) is 2.85. The molecule has 116 valence electrons. The Morgan fingerprint density at radius 3 is 2.57 bits per heavy atom. The molecule has 0 aliphatic carbocycles. The van der Waals surface area contributed by atoms with Crippen molar-refractivity contribution in [3.63, 3.8) is 0 Å². The van der Waals surface area contributed by atoms with E-state index in [-0.39, 0.29) is 18.8 Å². The Kier molecular flexibility index (Phi) is 5.38. The van der Waals surface area contributed by atoms with E-state index in [9.17, 15) is 13.2 Å². The normalized spacial score (nSPS) is 12.7. The average Bonchev–Trinajstić information content (AvgIpc) is 2.77. The van der Waals surface area contributed by atoms with Gasteiger partial charge < -0.3 is 10.5 Å². The van der Waals surface area contributed by atoms with Crippen LogP contribution in [0.1, 0.15) is 5.56 Å². The number of nitrogens with zero attached hydrogens (tertiary/aromatic N) is 1. The third-order valence-electron chi connectivity index (χ3n) is 3.06. The SMILES string of the molecule is COC(=O)[C@@H](N)Cc1cn(S(C)(=O)=O)c2ccccc12.Cl. The molecule has 0 spiro atoms. The Labute approximate surface area is 129 Å². The fraction of sp³-hybridized carbons (Fsp3) is 0.308. The summed E-state index contributed by atoms with van der Waals surface area (Å²) in [5.74, 6) is -0.527. The number of rotatable bonds is 4. The van der Waals surface area contributed by atoms with Crippen molar-refractivity contribution in [1.29, 1.82) is 0 Å². The molecule has 1 aromatic heterocycles. The summed E-state index contributed by atoms with van der Waals surface area (Å²) < 4.78 is 29.3. The van der Waals surface area contributed by atoms with Gasteiger partial charge in [-0.05, 0) is 11.6 Å². The number of aromatic nitrogens is 1. The third kappa shape index (κ3) is 3.55. The van der Waals surface area contributed by atoms with Crippen LogP contribution in [0, 0.1) is 0 Å². The Balaban J connectivity index is 0.00000220. The summed E-state index contributed by atoms with van der Waals surface area (Å²) in [6.45, 7) is 0. The quantitative estimate of drug-likeness (QED) is 0.840. The lowest BCUT2D eigenvalue weighted by molar-refractivity contribution is -0.142. The predicted molar refractivity (Wildman–Crippen MR) is 83.1 cm³/mol. The van der Waals surface area contributed by atoms with Crippen LogP contribution < -0.4 is 5.73 Å². The van der Waals surface area contributed by atoms with Crippen LogP contribution in [0.4, 0.5) is 0 Å². The smallest absolute Gasteiger partial charge is 0.322 e. The van der Waals surface area contributed by atoms with Crippen molar-refractivity contribution in [1.82, 2.24) is 3.97 Å². The number of carbonyl (C=O) groups is 1. The summed E-state index contributed by atoms with van der Waals surface area (Å²) in [5, 5.41) is 0.761. The minimum Gasteiger partial charge on any atom is -0.468 e. The molecule has 1 aromatic carbocycles. The maximum Gasteiger partial charge on any atom is 0.322 e.